The Balaban J connectivity index is 2.08. The van der Waals surface area contributed by atoms with Crippen molar-refractivity contribution >= 4 is 28.4 Å². The van der Waals surface area contributed by atoms with Crippen molar-refractivity contribution in [2.75, 3.05) is 0 Å². The Morgan fingerprint density at radius 1 is 1.37 bits per heavy atom. The lowest BCUT2D eigenvalue weighted by Crippen LogP contribution is -2.17. The molecule has 0 radical (unpaired) electrons. The summed E-state index contributed by atoms with van der Waals surface area (Å²) in [5.74, 6) is 0. The molecule has 0 spiro atoms. The zero-order chi connectivity index (χ0) is 13.2. The number of hydrogen-bond donors (Lipinski definition) is 0. The summed E-state index contributed by atoms with van der Waals surface area (Å²) in [6.07, 6.45) is 9.00. The van der Waals surface area contributed by atoms with Crippen molar-refractivity contribution in [1.29, 1.82) is 0 Å². The van der Waals surface area contributed by atoms with E-state index in [9.17, 15) is 4.79 Å². The maximum atomic E-state index is 12.1. The Kier molecular flexibility index (Phi) is 2.97. The monoisotopic (exact) mass is 269 g/mol. The molecule has 94 valence electrons. The highest BCUT2D eigenvalue weighted by atomic mass is 32.1. The lowest BCUT2D eigenvalue weighted by molar-refractivity contribution is 1.03. The van der Waals surface area contributed by atoms with Crippen LogP contribution in [0, 0.1) is 6.92 Å². The molecule has 0 saturated carbocycles. The predicted octanol–water partition coefficient (Wildman–Crippen LogP) is 2.63. The molecule has 3 heterocycles. The Morgan fingerprint density at radius 3 is 3.05 bits per heavy atom. The first-order chi connectivity index (χ1) is 9.25. The van der Waals surface area contributed by atoms with Crippen molar-refractivity contribution in [2.45, 2.75) is 6.92 Å². The molecule has 0 bridgehead atoms. The summed E-state index contributed by atoms with van der Waals surface area (Å²) in [5.41, 5.74) is 2.32. The molecule has 3 aromatic heterocycles. The molecule has 0 aliphatic rings. The van der Waals surface area contributed by atoms with Gasteiger partial charge in [-0.15, -0.1) is 11.3 Å². The number of thiazole rings is 1. The number of rotatable bonds is 2. The van der Waals surface area contributed by atoms with E-state index in [0.717, 1.165) is 5.56 Å². The average Bonchev–Trinajstić information content (AvgIpc) is 2.91. The van der Waals surface area contributed by atoms with E-state index >= 15 is 0 Å². The lowest BCUT2D eigenvalue weighted by atomic mass is 10.2. The molecule has 0 N–H and O–H groups in total. The summed E-state index contributed by atoms with van der Waals surface area (Å²) in [5, 5.41) is 1.86. The second kappa shape index (κ2) is 4.78. The van der Waals surface area contributed by atoms with E-state index in [-0.39, 0.29) is 5.56 Å². The molecule has 0 amide bonds. The van der Waals surface area contributed by atoms with E-state index in [2.05, 4.69) is 9.97 Å². The highest BCUT2D eigenvalue weighted by Crippen LogP contribution is 2.12. The van der Waals surface area contributed by atoms with Gasteiger partial charge in [-0.2, -0.15) is 0 Å². The van der Waals surface area contributed by atoms with Crippen LogP contribution >= 0.6 is 11.3 Å². The summed E-state index contributed by atoms with van der Waals surface area (Å²) >= 11 is 1.45. The van der Waals surface area contributed by atoms with Gasteiger partial charge in [-0.25, -0.2) is 4.98 Å². The first kappa shape index (κ1) is 11.8. The minimum Gasteiger partial charge on any atom is -0.269 e. The zero-order valence-electron chi connectivity index (χ0n) is 10.3. The topological polar surface area (TPSA) is 47.3 Å². The van der Waals surface area contributed by atoms with Gasteiger partial charge < -0.3 is 0 Å². The third kappa shape index (κ3) is 2.20. The first-order valence-electron chi connectivity index (χ1n) is 5.80. The van der Waals surface area contributed by atoms with Gasteiger partial charge in [0.05, 0.1) is 5.69 Å². The standard InChI is InChI=1S/C14H11N3OS/c1-10-12(5-4-11-3-2-6-15-9-11)16-14-17(13(10)18)7-8-19-14/h2-9H,1H3/b5-4+. The Bertz CT molecular complexity index is 802. The van der Waals surface area contributed by atoms with Gasteiger partial charge in [-0.05, 0) is 24.6 Å². The van der Waals surface area contributed by atoms with Gasteiger partial charge in [0.15, 0.2) is 4.96 Å². The van der Waals surface area contributed by atoms with Crippen LogP contribution < -0.4 is 5.56 Å². The van der Waals surface area contributed by atoms with Crippen LogP contribution in [0.2, 0.25) is 0 Å². The SMILES string of the molecule is Cc1c(/C=C/c2cccnc2)nc2sccn2c1=O. The van der Waals surface area contributed by atoms with E-state index in [1.807, 2.05) is 29.7 Å². The molecule has 3 rings (SSSR count). The molecule has 5 heteroatoms. The van der Waals surface area contributed by atoms with Crippen LogP contribution in [0.1, 0.15) is 16.8 Å². The number of hydrogen-bond acceptors (Lipinski definition) is 4. The maximum Gasteiger partial charge on any atom is 0.262 e. The minimum atomic E-state index is -0.0166. The largest absolute Gasteiger partial charge is 0.269 e. The normalized spacial score (nSPS) is 11.4. The van der Waals surface area contributed by atoms with E-state index in [1.165, 1.54) is 11.3 Å². The van der Waals surface area contributed by atoms with Crippen molar-refractivity contribution in [3.8, 4) is 0 Å². The van der Waals surface area contributed by atoms with E-state index in [0.29, 0.717) is 16.2 Å². The van der Waals surface area contributed by atoms with Crippen LogP contribution in [0.15, 0.2) is 40.9 Å². The Labute approximate surface area is 113 Å². The van der Waals surface area contributed by atoms with Crippen LogP contribution in [0.5, 0.6) is 0 Å². The molecule has 0 unspecified atom stereocenters. The summed E-state index contributed by atoms with van der Waals surface area (Å²) in [6, 6.07) is 3.83. The summed E-state index contributed by atoms with van der Waals surface area (Å²) in [4.78, 5) is 21.3. The third-order valence-corrected chi connectivity index (χ3v) is 3.60. The lowest BCUT2D eigenvalue weighted by Gasteiger charge is -2.00. The van der Waals surface area contributed by atoms with Crippen molar-refractivity contribution in [3.05, 3.63) is 63.3 Å². The van der Waals surface area contributed by atoms with Crippen molar-refractivity contribution in [3.63, 3.8) is 0 Å². The van der Waals surface area contributed by atoms with Crippen LogP contribution in [-0.4, -0.2) is 14.4 Å². The van der Waals surface area contributed by atoms with E-state index in [4.69, 9.17) is 0 Å². The summed E-state index contributed by atoms with van der Waals surface area (Å²) < 4.78 is 1.57. The summed E-state index contributed by atoms with van der Waals surface area (Å²) in [7, 11) is 0. The summed E-state index contributed by atoms with van der Waals surface area (Å²) in [6.45, 7) is 1.79. The molecule has 0 saturated heterocycles. The quantitative estimate of drug-likeness (QED) is 0.718. The fourth-order valence-electron chi connectivity index (χ4n) is 1.80. The molecule has 0 fully saturated rings. The van der Waals surface area contributed by atoms with E-state index < -0.39 is 0 Å². The fraction of sp³-hybridized carbons (Fsp3) is 0.0714. The molecule has 19 heavy (non-hydrogen) atoms. The number of pyridine rings is 1. The molecule has 0 aromatic carbocycles. The average molecular weight is 269 g/mol. The number of aromatic nitrogens is 3. The van der Waals surface area contributed by atoms with Gasteiger partial charge in [0.1, 0.15) is 0 Å². The molecular weight excluding hydrogens is 258 g/mol. The molecule has 0 aliphatic carbocycles. The van der Waals surface area contributed by atoms with Crippen LogP contribution in [-0.2, 0) is 0 Å². The number of nitrogens with zero attached hydrogens (tertiary/aromatic N) is 3. The van der Waals surface area contributed by atoms with Crippen LogP contribution in [0.25, 0.3) is 17.1 Å². The highest BCUT2D eigenvalue weighted by molar-refractivity contribution is 7.15. The van der Waals surface area contributed by atoms with Crippen molar-refractivity contribution in [2.24, 2.45) is 0 Å². The third-order valence-electron chi connectivity index (χ3n) is 2.85. The number of fused-ring (bicyclic) bond motifs is 1. The van der Waals surface area contributed by atoms with Gasteiger partial charge in [-0.1, -0.05) is 12.1 Å². The molecule has 4 nitrogen and oxygen atoms in total. The zero-order valence-corrected chi connectivity index (χ0v) is 11.1. The molecule has 0 aliphatic heterocycles. The van der Waals surface area contributed by atoms with Gasteiger partial charge in [0.25, 0.3) is 5.56 Å². The highest BCUT2D eigenvalue weighted by Gasteiger charge is 2.06. The van der Waals surface area contributed by atoms with Gasteiger partial charge in [-0.3, -0.25) is 14.2 Å². The maximum absolute atomic E-state index is 12.1. The Hall–Kier alpha value is -2.27. The van der Waals surface area contributed by atoms with Crippen molar-refractivity contribution in [1.82, 2.24) is 14.4 Å². The first-order valence-corrected chi connectivity index (χ1v) is 6.68. The predicted molar refractivity (Wildman–Crippen MR) is 77.2 cm³/mol. The second-order valence-corrected chi connectivity index (χ2v) is 4.98. The van der Waals surface area contributed by atoms with Crippen LogP contribution in [0.4, 0.5) is 0 Å². The Morgan fingerprint density at radius 2 is 2.26 bits per heavy atom. The molecule has 0 atom stereocenters. The van der Waals surface area contributed by atoms with Gasteiger partial charge >= 0.3 is 0 Å². The smallest absolute Gasteiger partial charge is 0.262 e. The molecule has 3 aromatic rings. The fourth-order valence-corrected chi connectivity index (χ4v) is 2.51. The van der Waals surface area contributed by atoms with Gasteiger partial charge in [0.2, 0.25) is 0 Å². The van der Waals surface area contributed by atoms with Gasteiger partial charge in [0, 0.05) is 29.5 Å². The minimum absolute atomic E-state index is 0.0166. The van der Waals surface area contributed by atoms with E-state index in [1.54, 1.807) is 29.9 Å². The van der Waals surface area contributed by atoms with Crippen LogP contribution in [0.3, 0.4) is 0 Å². The second-order valence-electron chi connectivity index (χ2n) is 4.10. The molecular formula is C14H11N3OS. The van der Waals surface area contributed by atoms with Crippen molar-refractivity contribution < 1.29 is 0 Å².